The Morgan fingerprint density at radius 1 is 1.24 bits per heavy atom. The van der Waals surface area contributed by atoms with Gasteiger partial charge in [0.1, 0.15) is 5.69 Å². The van der Waals surface area contributed by atoms with E-state index in [1.165, 1.54) is 0 Å². The Morgan fingerprint density at radius 3 is 2.90 bits per heavy atom. The fourth-order valence-electron chi connectivity index (χ4n) is 1.77. The number of rotatable bonds is 3. The second-order valence-electron chi connectivity index (χ2n) is 4.18. The van der Waals surface area contributed by atoms with Gasteiger partial charge in [0, 0.05) is 10.7 Å². The molecule has 0 saturated carbocycles. The molecular formula is C14H10BrN5S. The van der Waals surface area contributed by atoms with Gasteiger partial charge < -0.3 is 0 Å². The van der Waals surface area contributed by atoms with Crippen LogP contribution in [-0.2, 0) is 0 Å². The molecule has 0 fully saturated rings. The van der Waals surface area contributed by atoms with E-state index in [-0.39, 0.29) is 0 Å². The summed E-state index contributed by atoms with van der Waals surface area (Å²) in [7, 11) is 0. The van der Waals surface area contributed by atoms with E-state index in [2.05, 4.69) is 36.2 Å². The smallest absolute Gasteiger partial charge is 0.216 e. The summed E-state index contributed by atoms with van der Waals surface area (Å²) < 4.78 is 2.97. The third-order valence-corrected chi connectivity index (χ3v) is 3.47. The van der Waals surface area contributed by atoms with Gasteiger partial charge in [0.05, 0.1) is 6.21 Å². The van der Waals surface area contributed by atoms with E-state index in [0.29, 0.717) is 16.3 Å². The van der Waals surface area contributed by atoms with Gasteiger partial charge in [-0.1, -0.05) is 34.1 Å². The first-order valence-electron chi connectivity index (χ1n) is 6.13. The van der Waals surface area contributed by atoms with Crippen molar-refractivity contribution in [2.45, 2.75) is 0 Å². The molecule has 1 aromatic carbocycles. The van der Waals surface area contributed by atoms with Crippen LogP contribution in [0.5, 0.6) is 0 Å². The molecule has 0 saturated heterocycles. The molecule has 0 bridgehead atoms. The zero-order valence-electron chi connectivity index (χ0n) is 10.8. The van der Waals surface area contributed by atoms with E-state index < -0.39 is 0 Å². The Kier molecular flexibility index (Phi) is 4.03. The summed E-state index contributed by atoms with van der Waals surface area (Å²) in [4.78, 5) is 4.26. The van der Waals surface area contributed by atoms with Gasteiger partial charge in [0.15, 0.2) is 0 Å². The van der Waals surface area contributed by atoms with Crippen LogP contribution < -0.4 is 0 Å². The average Bonchev–Trinajstić information content (AvgIpc) is 2.87. The van der Waals surface area contributed by atoms with Gasteiger partial charge in [-0.15, -0.1) is 0 Å². The van der Waals surface area contributed by atoms with Crippen LogP contribution in [0, 0.1) is 4.77 Å². The number of H-pyrrole nitrogens is 1. The normalized spacial score (nSPS) is 11.1. The van der Waals surface area contributed by atoms with Gasteiger partial charge in [0.2, 0.25) is 10.6 Å². The fraction of sp³-hybridized carbons (Fsp3) is 0. The molecule has 0 atom stereocenters. The zero-order chi connectivity index (χ0) is 14.7. The summed E-state index contributed by atoms with van der Waals surface area (Å²) in [5.74, 6) is 0.576. The predicted molar refractivity (Wildman–Crippen MR) is 87.8 cm³/mol. The maximum atomic E-state index is 5.21. The zero-order valence-corrected chi connectivity index (χ0v) is 13.2. The maximum absolute atomic E-state index is 5.21. The number of hydrogen-bond donors (Lipinski definition) is 1. The summed E-state index contributed by atoms with van der Waals surface area (Å²) in [6, 6.07) is 13.4. The number of nitrogens with one attached hydrogen (secondary N) is 1. The molecule has 7 heteroatoms. The number of hydrogen-bond acceptors (Lipinski definition) is 4. The van der Waals surface area contributed by atoms with E-state index in [9.17, 15) is 0 Å². The van der Waals surface area contributed by atoms with Crippen LogP contribution in [0.3, 0.4) is 0 Å². The fourth-order valence-corrected chi connectivity index (χ4v) is 2.37. The lowest BCUT2D eigenvalue weighted by atomic mass is 10.2. The molecular weight excluding hydrogens is 350 g/mol. The third-order valence-electron chi connectivity index (χ3n) is 2.72. The van der Waals surface area contributed by atoms with Crippen molar-refractivity contribution in [3.63, 3.8) is 0 Å². The topological polar surface area (TPSA) is 58.9 Å². The third kappa shape index (κ3) is 3.14. The van der Waals surface area contributed by atoms with Crippen molar-refractivity contribution < 1.29 is 0 Å². The minimum absolute atomic E-state index is 0.418. The van der Waals surface area contributed by atoms with Gasteiger partial charge in [-0.3, -0.25) is 4.98 Å². The summed E-state index contributed by atoms with van der Waals surface area (Å²) in [5, 5.41) is 11.3. The second-order valence-corrected chi connectivity index (χ2v) is 5.48. The van der Waals surface area contributed by atoms with Crippen LogP contribution >= 0.6 is 28.1 Å². The number of nitrogens with zero attached hydrogens (tertiary/aromatic N) is 4. The SMILES string of the molecule is S=c1[nH]nc(-c2ccccn2)n1/N=C/c1cccc(Br)c1. The highest BCUT2D eigenvalue weighted by Gasteiger charge is 2.08. The largest absolute Gasteiger partial charge is 0.253 e. The number of aromatic nitrogens is 4. The highest BCUT2D eigenvalue weighted by atomic mass is 79.9. The highest BCUT2D eigenvalue weighted by Crippen LogP contribution is 2.14. The maximum Gasteiger partial charge on any atom is 0.216 e. The van der Waals surface area contributed by atoms with Crippen molar-refractivity contribution in [3.8, 4) is 11.5 Å². The van der Waals surface area contributed by atoms with Crippen molar-refractivity contribution in [2.75, 3.05) is 0 Å². The number of benzene rings is 1. The Bertz CT molecular complexity index is 838. The minimum Gasteiger partial charge on any atom is -0.253 e. The molecule has 2 aromatic heterocycles. The molecule has 0 radical (unpaired) electrons. The Morgan fingerprint density at radius 2 is 2.14 bits per heavy atom. The van der Waals surface area contributed by atoms with Crippen molar-refractivity contribution in [1.82, 2.24) is 19.9 Å². The van der Waals surface area contributed by atoms with Crippen LogP contribution in [-0.4, -0.2) is 26.1 Å². The van der Waals surface area contributed by atoms with Crippen molar-refractivity contribution in [2.24, 2.45) is 5.10 Å². The summed E-state index contributed by atoms with van der Waals surface area (Å²) >= 11 is 8.64. The first kappa shape index (κ1) is 13.8. The number of halogens is 1. The Labute approximate surface area is 134 Å². The van der Waals surface area contributed by atoms with Crippen molar-refractivity contribution in [3.05, 3.63) is 63.5 Å². The second kappa shape index (κ2) is 6.11. The quantitative estimate of drug-likeness (QED) is 0.573. The minimum atomic E-state index is 0.418. The molecule has 2 heterocycles. The van der Waals surface area contributed by atoms with Crippen LogP contribution in [0.1, 0.15) is 5.56 Å². The molecule has 3 aromatic rings. The summed E-state index contributed by atoms with van der Waals surface area (Å²) in [5.41, 5.74) is 1.66. The van der Waals surface area contributed by atoms with E-state index in [1.807, 2.05) is 42.5 Å². The highest BCUT2D eigenvalue weighted by molar-refractivity contribution is 9.10. The van der Waals surface area contributed by atoms with Crippen LogP contribution in [0.4, 0.5) is 0 Å². The van der Waals surface area contributed by atoms with E-state index in [4.69, 9.17) is 12.2 Å². The van der Waals surface area contributed by atoms with E-state index >= 15 is 0 Å². The lowest BCUT2D eigenvalue weighted by Gasteiger charge is -1.99. The molecule has 0 unspecified atom stereocenters. The lowest BCUT2D eigenvalue weighted by Crippen LogP contribution is -1.96. The molecule has 0 aliphatic carbocycles. The van der Waals surface area contributed by atoms with Crippen molar-refractivity contribution in [1.29, 1.82) is 0 Å². The first-order chi connectivity index (χ1) is 10.2. The standard InChI is InChI=1S/C14H10BrN5S/c15-11-5-3-4-10(8-11)9-17-20-13(18-19-14(20)21)12-6-1-2-7-16-12/h1-9H,(H,19,21)/b17-9+. The predicted octanol–water partition coefficient (Wildman–Crippen LogP) is 3.65. The molecule has 3 rings (SSSR count). The monoisotopic (exact) mass is 359 g/mol. The molecule has 5 nitrogen and oxygen atoms in total. The van der Waals surface area contributed by atoms with Crippen molar-refractivity contribution >= 4 is 34.4 Å². The van der Waals surface area contributed by atoms with Crippen LogP contribution in [0.15, 0.2) is 58.2 Å². The van der Waals surface area contributed by atoms with E-state index in [1.54, 1.807) is 17.1 Å². The van der Waals surface area contributed by atoms with Gasteiger partial charge >= 0.3 is 0 Å². The molecule has 21 heavy (non-hydrogen) atoms. The van der Waals surface area contributed by atoms with Gasteiger partial charge in [-0.2, -0.15) is 14.9 Å². The molecule has 0 aliphatic rings. The molecule has 0 spiro atoms. The Balaban J connectivity index is 2.00. The number of aromatic amines is 1. The van der Waals surface area contributed by atoms with Gasteiger partial charge in [-0.05, 0) is 42.0 Å². The first-order valence-corrected chi connectivity index (χ1v) is 7.33. The van der Waals surface area contributed by atoms with Crippen LogP contribution in [0.2, 0.25) is 0 Å². The van der Waals surface area contributed by atoms with Crippen LogP contribution in [0.25, 0.3) is 11.5 Å². The Hall–Kier alpha value is -2.12. The average molecular weight is 360 g/mol. The molecule has 0 aliphatic heterocycles. The molecule has 0 amide bonds. The summed E-state index contributed by atoms with van der Waals surface area (Å²) in [6.07, 6.45) is 3.43. The molecule has 104 valence electrons. The molecule has 1 N–H and O–H groups in total. The summed E-state index contributed by atoms with van der Waals surface area (Å²) in [6.45, 7) is 0. The van der Waals surface area contributed by atoms with E-state index in [0.717, 1.165) is 10.0 Å². The van der Waals surface area contributed by atoms with Gasteiger partial charge in [0.25, 0.3) is 0 Å². The number of pyridine rings is 1. The lowest BCUT2D eigenvalue weighted by molar-refractivity contribution is 0.867. The van der Waals surface area contributed by atoms with Gasteiger partial charge in [-0.25, -0.2) is 5.10 Å².